The Balaban J connectivity index is 1.64. The minimum atomic E-state index is -3.88. The Morgan fingerprint density at radius 1 is 0.971 bits per heavy atom. The van der Waals surface area contributed by atoms with E-state index in [1.165, 1.54) is 9.87 Å². The first kappa shape index (κ1) is 23.8. The fraction of sp³-hybridized carbons (Fsp3) is 0.296. The molecule has 1 amide bonds. The number of nitrogens with one attached hydrogen (secondary N) is 1. The second-order valence-electron chi connectivity index (χ2n) is 8.95. The van der Waals surface area contributed by atoms with Crippen LogP contribution in [-0.2, 0) is 14.8 Å². The fourth-order valence-electron chi connectivity index (χ4n) is 4.28. The van der Waals surface area contributed by atoms with Crippen molar-refractivity contribution in [1.82, 2.24) is 5.32 Å². The van der Waals surface area contributed by atoms with Crippen LogP contribution in [0.5, 0.6) is 5.75 Å². The van der Waals surface area contributed by atoms with Crippen LogP contribution in [0.1, 0.15) is 40.8 Å². The number of hydrogen-bond acceptors (Lipinski definition) is 4. The Kier molecular flexibility index (Phi) is 6.41. The molecule has 3 aromatic rings. The van der Waals surface area contributed by atoms with Crippen LogP contribution < -0.4 is 14.4 Å². The Morgan fingerprint density at radius 3 is 2.35 bits per heavy atom. The van der Waals surface area contributed by atoms with Crippen LogP contribution in [-0.4, -0.2) is 27.0 Å². The van der Waals surface area contributed by atoms with Gasteiger partial charge in [0.05, 0.1) is 23.2 Å². The maximum atomic E-state index is 13.5. The molecule has 2 atom stereocenters. The normalized spacial score (nSPS) is 16.4. The third kappa shape index (κ3) is 4.53. The topological polar surface area (TPSA) is 75.7 Å². The van der Waals surface area contributed by atoms with E-state index in [1.54, 1.807) is 42.5 Å². The zero-order valence-electron chi connectivity index (χ0n) is 20.1. The fourth-order valence-corrected chi connectivity index (χ4v) is 5.78. The third-order valence-corrected chi connectivity index (χ3v) is 8.11. The van der Waals surface area contributed by atoms with Crippen LogP contribution in [0.4, 0.5) is 5.69 Å². The summed E-state index contributed by atoms with van der Waals surface area (Å²) in [5, 5.41) is 3.03. The predicted octanol–water partition coefficient (Wildman–Crippen LogP) is 4.75. The highest BCUT2D eigenvalue weighted by atomic mass is 32.2. The summed E-state index contributed by atoms with van der Waals surface area (Å²) in [6, 6.07) is 17.5. The number of benzene rings is 3. The monoisotopic (exact) mass is 478 g/mol. The van der Waals surface area contributed by atoms with Crippen molar-refractivity contribution < 1.29 is 17.9 Å². The van der Waals surface area contributed by atoms with Crippen LogP contribution in [0.2, 0.25) is 0 Å². The molecular formula is C27H30N2O4S. The van der Waals surface area contributed by atoms with Gasteiger partial charge in [-0.3, -0.25) is 9.10 Å². The van der Waals surface area contributed by atoms with Crippen molar-refractivity contribution in [2.24, 2.45) is 0 Å². The summed E-state index contributed by atoms with van der Waals surface area (Å²) in [7, 11) is -3.88. The first-order valence-electron chi connectivity index (χ1n) is 11.3. The number of anilines is 1. The number of nitrogens with zero attached hydrogens (tertiary/aromatic N) is 1. The summed E-state index contributed by atoms with van der Waals surface area (Å²) in [5.41, 5.74) is 5.81. The van der Waals surface area contributed by atoms with Gasteiger partial charge in [-0.2, -0.15) is 0 Å². The molecule has 178 valence electrons. The molecule has 1 heterocycles. The van der Waals surface area contributed by atoms with E-state index < -0.39 is 16.1 Å². The molecule has 1 N–H and O–H groups in total. The molecule has 0 spiro atoms. The zero-order valence-corrected chi connectivity index (χ0v) is 20.9. The van der Waals surface area contributed by atoms with E-state index in [0.29, 0.717) is 11.4 Å². The molecule has 0 bridgehead atoms. The minimum absolute atomic E-state index is 0.113. The van der Waals surface area contributed by atoms with Gasteiger partial charge in [-0.15, -0.1) is 0 Å². The smallest absolute Gasteiger partial charge is 0.264 e. The van der Waals surface area contributed by atoms with Crippen molar-refractivity contribution in [3.63, 3.8) is 0 Å². The minimum Gasteiger partial charge on any atom is -0.476 e. The second kappa shape index (κ2) is 9.14. The van der Waals surface area contributed by atoms with Gasteiger partial charge in [0, 0.05) is 0 Å². The number of rotatable bonds is 5. The SMILES string of the molecule is Cc1ccc2c(c1)OC(C(=O)NC(C)c1cc(C)c(C)cc1C)CN2S(=O)(=O)c1ccccc1. The number of aryl methyl sites for hydroxylation is 4. The Hall–Kier alpha value is -3.32. The molecule has 0 saturated heterocycles. The van der Waals surface area contributed by atoms with Crippen molar-refractivity contribution in [2.75, 3.05) is 10.8 Å². The summed E-state index contributed by atoms with van der Waals surface area (Å²) in [4.78, 5) is 13.5. The average Bonchev–Trinajstić information content (AvgIpc) is 2.80. The van der Waals surface area contributed by atoms with Crippen LogP contribution in [0, 0.1) is 27.7 Å². The Morgan fingerprint density at radius 2 is 1.65 bits per heavy atom. The van der Waals surface area contributed by atoms with Crippen LogP contribution in [0.25, 0.3) is 0 Å². The number of fused-ring (bicyclic) bond motifs is 1. The van der Waals surface area contributed by atoms with Gasteiger partial charge in [-0.05, 0) is 86.7 Å². The first-order valence-corrected chi connectivity index (χ1v) is 12.7. The molecule has 2 unspecified atom stereocenters. The van der Waals surface area contributed by atoms with E-state index in [0.717, 1.165) is 22.3 Å². The number of ether oxygens (including phenoxy) is 1. The highest BCUT2D eigenvalue weighted by Gasteiger charge is 2.38. The third-order valence-electron chi connectivity index (χ3n) is 6.32. The molecule has 0 radical (unpaired) electrons. The van der Waals surface area contributed by atoms with Gasteiger partial charge >= 0.3 is 0 Å². The molecular weight excluding hydrogens is 448 g/mol. The number of carbonyl (C=O) groups is 1. The molecule has 1 aliphatic heterocycles. The van der Waals surface area contributed by atoms with E-state index >= 15 is 0 Å². The van der Waals surface area contributed by atoms with E-state index in [2.05, 4.69) is 24.4 Å². The van der Waals surface area contributed by atoms with Crippen molar-refractivity contribution in [3.8, 4) is 5.75 Å². The number of sulfonamides is 1. The maximum Gasteiger partial charge on any atom is 0.264 e. The van der Waals surface area contributed by atoms with Gasteiger partial charge in [0.1, 0.15) is 5.75 Å². The van der Waals surface area contributed by atoms with Gasteiger partial charge in [0.25, 0.3) is 15.9 Å². The lowest BCUT2D eigenvalue weighted by Crippen LogP contribution is -2.51. The quantitative estimate of drug-likeness (QED) is 0.574. The standard InChI is InChI=1S/C27H30N2O4S/c1-17-11-12-24-25(13-17)33-26(16-29(24)34(31,32)22-9-7-6-8-10-22)27(30)28-21(5)23-15-19(3)18(2)14-20(23)4/h6-15,21,26H,16H2,1-5H3,(H,28,30). The highest BCUT2D eigenvalue weighted by Crippen LogP contribution is 2.38. The maximum absolute atomic E-state index is 13.5. The second-order valence-corrected chi connectivity index (χ2v) is 10.8. The molecule has 34 heavy (non-hydrogen) atoms. The van der Waals surface area contributed by atoms with E-state index in [-0.39, 0.29) is 23.4 Å². The lowest BCUT2D eigenvalue weighted by atomic mass is 9.96. The van der Waals surface area contributed by atoms with Crippen LogP contribution in [0.3, 0.4) is 0 Å². The summed E-state index contributed by atoms with van der Waals surface area (Å²) in [6.07, 6.45) is -0.984. The lowest BCUT2D eigenvalue weighted by molar-refractivity contribution is -0.128. The van der Waals surface area contributed by atoms with Crippen molar-refractivity contribution >= 4 is 21.6 Å². The molecule has 0 aliphatic carbocycles. The number of amides is 1. The largest absolute Gasteiger partial charge is 0.476 e. The molecule has 0 fully saturated rings. The Labute approximate surface area is 201 Å². The molecule has 7 heteroatoms. The van der Waals surface area contributed by atoms with Crippen LogP contribution in [0.15, 0.2) is 65.6 Å². The van der Waals surface area contributed by atoms with Gasteiger partial charge in [-0.1, -0.05) is 36.4 Å². The van der Waals surface area contributed by atoms with Gasteiger partial charge < -0.3 is 10.1 Å². The average molecular weight is 479 g/mol. The van der Waals surface area contributed by atoms with Crippen molar-refractivity contribution in [2.45, 2.75) is 51.7 Å². The zero-order chi connectivity index (χ0) is 24.6. The van der Waals surface area contributed by atoms with Crippen LogP contribution >= 0.6 is 0 Å². The van der Waals surface area contributed by atoms with E-state index in [9.17, 15) is 13.2 Å². The van der Waals surface area contributed by atoms with Crippen molar-refractivity contribution in [1.29, 1.82) is 0 Å². The molecule has 0 aromatic heterocycles. The summed E-state index contributed by atoms with van der Waals surface area (Å²) < 4.78 is 34.3. The van der Waals surface area contributed by atoms with Gasteiger partial charge in [-0.25, -0.2) is 8.42 Å². The van der Waals surface area contributed by atoms with Gasteiger partial charge in [0.15, 0.2) is 6.10 Å². The van der Waals surface area contributed by atoms with Gasteiger partial charge in [0.2, 0.25) is 0 Å². The molecule has 3 aromatic carbocycles. The lowest BCUT2D eigenvalue weighted by Gasteiger charge is -2.35. The summed E-state index contributed by atoms with van der Waals surface area (Å²) in [5.74, 6) is 0.0199. The number of hydrogen-bond donors (Lipinski definition) is 1. The molecule has 1 aliphatic rings. The predicted molar refractivity (Wildman–Crippen MR) is 134 cm³/mol. The van der Waals surface area contributed by atoms with E-state index in [4.69, 9.17) is 4.74 Å². The highest BCUT2D eigenvalue weighted by molar-refractivity contribution is 7.92. The first-order chi connectivity index (χ1) is 16.1. The number of carbonyl (C=O) groups excluding carboxylic acids is 1. The van der Waals surface area contributed by atoms with Crippen molar-refractivity contribution in [3.05, 3.63) is 88.5 Å². The Bertz CT molecular complexity index is 1340. The molecule has 6 nitrogen and oxygen atoms in total. The van der Waals surface area contributed by atoms with E-state index in [1.807, 2.05) is 33.8 Å². The summed E-state index contributed by atoms with van der Waals surface area (Å²) in [6.45, 7) is 9.84. The molecule has 4 rings (SSSR count). The summed E-state index contributed by atoms with van der Waals surface area (Å²) >= 11 is 0. The molecule has 0 saturated carbocycles.